The van der Waals surface area contributed by atoms with E-state index in [2.05, 4.69) is 25.7 Å². The Bertz CT molecular complexity index is 223. The first-order chi connectivity index (χ1) is 8.08. The van der Waals surface area contributed by atoms with Gasteiger partial charge in [0.25, 0.3) is 0 Å². The highest BCUT2D eigenvalue weighted by atomic mass is 16.5. The molecule has 0 aromatic heterocycles. The van der Waals surface area contributed by atoms with Gasteiger partial charge in [0, 0.05) is 26.8 Å². The fourth-order valence-corrected chi connectivity index (χ4v) is 2.58. The molecule has 0 radical (unpaired) electrons. The molecule has 1 fully saturated rings. The standard InChI is InChI=1S/C13H28N2O2/c1-5-17-12-7-6-8-15(9-12)13(3,10-14)11(2)16-4/h11-12H,5-10,14H2,1-4H3. The molecule has 1 aliphatic heterocycles. The number of nitrogens with zero attached hydrogens (tertiary/aromatic N) is 1. The summed E-state index contributed by atoms with van der Waals surface area (Å²) in [7, 11) is 1.75. The van der Waals surface area contributed by atoms with E-state index in [9.17, 15) is 0 Å². The summed E-state index contributed by atoms with van der Waals surface area (Å²) in [4.78, 5) is 2.44. The van der Waals surface area contributed by atoms with Crippen molar-refractivity contribution >= 4 is 0 Å². The third kappa shape index (κ3) is 3.41. The molecule has 1 aliphatic rings. The van der Waals surface area contributed by atoms with Crippen molar-refractivity contribution in [2.24, 2.45) is 5.73 Å². The molecule has 0 spiro atoms. The van der Waals surface area contributed by atoms with E-state index in [0.717, 1.165) is 26.1 Å². The molecule has 102 valence electrons. The van der Waals surface area contributed by atoms with Crippen LogP contribution in [0.2, 0.25) is 0 Å². The fraction of sp³-hybridized carbons (Fsp3) is 1.00. The van der Waals surface area contributed by atoms with Crippen molar-refractivity contribution in [3.8, 4) is 0 Å². The van der Waals surface area contributed by atoms with Gasteiger partial charge in [-0.1, -0.05) is 0 Å². The molecule has 0 aromatic carbocycles. The van der Waals surface area contributed by atoms with Gasteiger partial charge in [-0.05, 0) is 40.2 Å². The Morgan fingerprint density at radius 3 is 2.76 bits per heavy atom. The number of hydrogen-bond acceptors (Lipinski definition) is 4. The number of ether oxygens (including phenoxy) is 2. The zero-order valence-corrected chi connectivity index (χ0v) is 11.7. The van der Waals surface area contributed by atoms with Crippen LogP contribution < -0.4 is 5.73 Å². The van der Waals surface area contributed by atoms with Crippen LogP contribution >= 0.6 is 0 Å². The summed E-state index contributed by atoms with van der Waals surface area (Å²) in [5.74, 6) is 0. The Labute approximate surface area is 105 Å². The lowest BCUT2D eigenvalue weighted by atomic mass is 9.90. The molecule has 4 nitrogen and oxygen atoms in total. The molecule has 3 atom stereocenters. The highest BCUT2D eigenvalue weighted by Gasteiger charge is 2.38. The van der Waals surface area contributed by atoms with E-state index in [1.165, 1.54) is 6.42 Å². The van der Waals surface area contributed by atoms with Gasteiger partial charge in [0.05, 0.1) is 17.7 Å². The number of methoxy groups -OCH3 is 1. The predicted octanol–water partition coefficient (Wildman–Crippen LogP) is 1.24. The SMILES string of the molecule is CCOC1CCCN(C(C)(CN)C(C)OC)C1. The number of nitrogens with two attached hydrogens (primary N) is 1. The van der Waals surface area contributed by atoms with E-state index >= 15 is 0 Å². The minimum atomic E-state index is -0.0927. The molecule has 0 bridgehead atoms. The van der Waals surface area contributed by atoms with E-state index in [1.54, 1.807) is 7.11 Å². The van der Waals surface area contributed by atoms with Crippen LogP contribution in [0.25, 0.3) is 0 Å². The van der Waals surface area contributed by atoms with E-state index in [-0.39, 0.29) is 11.6 Å². The van der Waals surface area contributed by atoms with Gasteiger partial charge < -0.3 is 15.2 Å². The smallest absolute Gasteiger partial charge is 0.0736 e. The summed E-state index contributed by atoms with van der Waals surface area (Å²) in [5, 5.41) is 0. The van der Waals surface area contributed by atoms with Crippen LogP contribution in [-0.4, -0.2) is 56.0 Å². The van der Waals surface area contributed by atoms with Crippen molar-refractivity contribution in [2.75, 3.05) is 33.4 Å². The number of likely N-dealkylation sites (tertiary alicyclic amines) is 1. The van der Waals surface area contributed by atoms with Crippen LogP contribution in [0, 0.1) is 0 Å². The number of hydrogen-bond donors (Lipinski definition) is 1. The van der Waals surface area contributed by atoms with Crippen molar-refractivity contribution in [3.05, 3.63) is 0 Å². The quantitative estimate of drug-likeness (QED) is 0.763. The molecule has 1 rings (SSSR count). The third-order valence-electron chi connectivity index (χ3n) is 4.15. The van der Waals surface area contributed by atoms with Crippen molar-refractivity contribution in [3.63, 3.8) is 0 Å². The zero-order chi connectivity index (χ0) is 12.9. The van der Waals surface area contributed by atoms with E-state index in [4.69, 9.17) is 15.2 Å². The maximum atomic E-state index is 5.97. The van der Waals surface area contributed by atoms with Crippen LogP contribution in [0.3, 0.4) is 0 Å². The molecule has 1 saturated heterocycles. The Balaban J connectivity index is 2.68. The van der Waals surface area contributed by atoms with Crippen molar-refractivity contribution in [1.82, 2.24) is 4.90 Å². The summed E-state index contributed by atoms with van der Waals surface area (Å²) >= 11 is 0. The van der Waals surface area contributed by atoms with Gasteiger partial charge in [-0.2, -0.15) is 0 Å². The molecular formula is C13H28N2O2. The van der Waals surface area contributed by atoms with Gasteiger partial charge in [0.15, 0.2) is 0 Å². The normalized spacial score (nSPS) is 27.7. The lowest BCUT2D eigenvalue weighted by Crippen LogP contribution is -2.62. The van der Waals surface area contributed by atoms with Gasteiger partial charge in [0.1, 0.15) is 0 Å². The Morgan fingerprint density at radius 2 is 2.24 bits per heavy atom. The van der Waals surface area contributed by atoms with Gasteiger partial charge in [-0.3, -0.25) is 4.90 Å². The lowest BCUT2D eigenvalue weighted by molar-refractivity contribution is -0.0757. The molecule has 2 N–H and O–H groups in total. The summed E-state index contributed by atoms with van der Waals surface area (Å²) in [5.41, 5.74) is 5.88. The van der Waals surface area contributed by atoms with E-state index in [1.807, 2.05) is 0 Å². The first-order valence-electron chi connectivity index (χ1n) is 6.68. The van der Waals surface area contributed by atoms with Gasteiger partial charge in [-0.25, -0.2) is 0 Å². The van der Waals surface area contributed by atoms with Crippen molar-refractivity contribution < 1.29 is 9.47 Å². The third-order valence-corrected chi connectivity index (χ3v) is 4.15. The number of rotatable bonds is 6. The topological polar surface area (TPSA) is 47.7 Å². The second-order valence-electron chi connectivity index (χ2n) is 5.10. The predicted molar refractivity (Wildman–Crippen MR) is 70.2 cm³/mol. The highest BCUT2D eigenvalue weighted by molar-refractivity contribution is 4.95. The average molecular weight is 244 g/mol. The molecule has 0 amide bonds. The largest absolute Gasteiger partial charge is 0.380 e. The minimum Gasteiger partial charge on any atom is -0.380 e. The fourth-order valence-electron chi connectivity index (χ4n) is 2.58. The van der Waals surface area contributed by atoms with E-state index in [0.29, 0.717) is 12.6 Å². The van der Waals surface area contributed by atoms with Gasteiger partial charge in [-0.15, -0.1) is 0 Å². The molecule has 0 aliphatic carbocycles. The van der Waals surface area contributed by atoms with Gasteiger partial charge >= 0.3 is 0 Å². The summed E-state index contributed by atoms with van der Waals surface area (Å²) in [6.45, 7) is 9.80. The zero-order valence-electron chi connectivity index (χ0n) is 11.7. The second-order valence-corrected chi connectivity index (χ2v) is 5.10. The molecule has 0 aromatic rings. The summed E-state index contributed by atoms with van der Waals surface area (Å²) in [6.07, 6.45) is 2.82. The lowest BCUT2D eigenvalue weighted by Gasteiger charge is -2.47. The Hall–Kier alpha value is -0.160. The maximum Gasteiger partial charge on any atom is 0.0736 e. The van der Waals surface area contributed by atoms with Crippen molar-refractivity contribution in [2.45, 2.75) is 51.4 Å². The Kier molecular flexibility index (Phi) is 5.86. The maximum absolute atomic E-state index is 5.97. The van der Waals surface area contributed by atoms with Crippen LogP contribution in [-0.2, 0) is 9.47 Å². The Morgan fingerprint density at radius 1 is 1.53 bits per heavy atom. The first-order valence-corrected chi connectivity index (χ1v) is 6.68. The van der Waals surface area contributed by atoms with Crippen LogP contribution in [0.15, 0.2) is 0 Å². The molecule has 0 saturated carbocycles. The van der Waals surface area contributed by atoms with Gasteiger partial charge in [0.2, 0.25) is 0 Å². The van der Waals surface area contributed by atoms with E-state index < -0.39 is 0 Å². The number of piperidine rings is 1. The molecule has 17 heavy (non-hydrogen) atoms. The van der Waals surface area contributed by atoms with Crippen molar-refractivity contribution in [1.29, 1.82) is 0 Å². The molecular weight excluding hydrogens is 216 g/mol. The second kappa shape index (κ2) is 6.69. The minimum absolute atomic E-state index is 0.0927. The molecule has 3 unspecified atom stereocenters. The molecule has 1 heterocycles. The molecule has 4 heteroatoms. The van der Waals surface area contributed by atoms with Crippen LogP contribution in [0.1, 0.15) is 33.6 Å². The van der Waals surface area contributed by atoms with Crippen LogP contribution in [0.5, 0.6) is 0 Å². The average Bonchev–Trinajstić information content (AvgIpc) is 2.37. The van der Waals surface area contributed by atoms with Crippen LogP contribution in [0.4, 0.5) is 0 Å². The highest BCUT2D eigenvalue weighted by Crippen LogP contribution is 2.26. The summed E-state index contributed by atoms with van der Waals surface area (Å²) < 4.78 is 11.2. The summed E-state index contributed by atoms with van der Waals surface area (Å²) in [6, 6.07) is 0. The monoisotopic (exact) mass is 244 g/mol. The first kappa shape index (κ1) is 14.9.